The number of nitrogens with one attached hydrogen (secondary N) is 1. The van der Waals surface area contributed by atoms with Crippen LogP contribution in [0.4, 0.5) is 0 Å². The van der Waals surface area contributed by atoms with Gasteiger partial charge in [0.25, 0.3) is 0 Å². The predicted octanol–water partition coefficient (Wildman–Crippen LogP) is 1.34. The summed E-state index contributed by atoms with van der Waals surface area (Å²) < 4.78 is 4.82. The Morgan fingerprint density at radius 3 is 2.88 bits per heavy atom. The Bertz CT molecular complexity index is 533. The normalized spacial score (nSPS) is 12.9. The predicted molar refractivity (Wildman–Crippen MR) is 64.5 cm³/mol. The number of imidazole rings is 1. The van der Waals surface area contributed by atoms with Crippen molar-refractivity contribution in [1.82, 2.24) is 14.9 Å². The molecule has 1 N–H and O–H groups in total. The number of likely N-dealkylation sites (N-methyl/N-ethyl adjacent to an activating group) is 1. The zero-order chi connectivity index (χ0) is 12.4. The number of esters is 1. The van der Waals surface area contributed by atoms with Crippen LogP contribution in [-0.2, 0) is 9.53 Å². The standard InChI is InChI=1S/C12H15N3O2/c1-15(2)11(12(16)17-3)8-4-5-9-10(6-8)14-7-13-9/h4-7,11H,1-3H3,(H,13,14). The van der Waals surface area contributed by atoms with E-state index in [9.17, 15) is 4.79 Å². The van der Waals surface area contributed by atoms with E-state index >= 15 is 0 Å². The van der Waals surface area contributed by atoms with Crippen molar-refractivity contribution in [3.8, 4) is 0 Å². The Hall–Kier alpha value is -1.88. The first-order chi connectivity index (χ1) is 8.13. The van der Waals surface area contributed by atoms with Crippen molar-refractivity contribution >= 4 is 17.0 Å². The molecule has 0 aliphatic rings. The van der Waals surface area contributed by atoms with E-state index < -0.39 is 6.04 Å². The number of carbonyl (C=O) groups is 1. The zero-order valence-electron chi connectivity index (χ0n) is 10.1. The number of hydrogen-bond donors (Lipinski definition) is 1. The molecule has 1 atom stereocenters. The molecule has 1 heterocycles. The molecule has 1 unspecified atom stereocenters. The smallest absolute Gasteiger partial charge is 0.327 e. The molecule has 0 amide bonds. The molecule has 2 aromatic rings. The van der Waals surface area contributed by atoms with Crippen molar-refractivity contribution in [2.24, 2.45) is 0 Å². The van der Waals surface area contributed by atoms with E-state index in [0.29, 0.717) is 0 Å². The number of fused-ring (bicyclic) bond motifs is 1. The lowest BCUT2D eigenvalue weighted by atomic mass is 10.1. The quantitative estimate of drug-likeness (QED) is 0.813. The molecule has 5 heteroatoms. The monoisotopic (exact) mass is 233 g/mol. The number of rotatable bonds is 3. The zero-order valence-corrected chi connectivity index (χ0v) is 10.1. The number of methoxy groups -OCH3 is 1. The highest BCUT2D eigenvalue weighted by Crippen LogP contribution is 2.22. The summed E-state index contributed by atoms with van der Waals surface area (Å²) in [6, 6.07) is 5.31. The number of H-pyrrole nitrogens is 1. The number of nitrogens with zero attached hydrogens (tertiary/aromatic N) is 2. The number of hydrogen-bond acceptors (Lipinski definition) is 4. The Morgan fingerprint density at radius 1 is 1.47 bits per heavy atom. The van der Waals surface area contributed by atoms with E-state index in [1.807, 2.05) is 37.2 Å². The molecule has 0 radical (unpaired) electrons. The fourth-order valence-corrected chi connectivity index (χ4v) is 1.88. The van der Waals surface area contributed by atoms with Crippen LogP contribution >= 0.6 is 0 Å². The van der Waals surface area contributed by atoms with Crippen molar-refractivity contribution in [2.45, 2.75) is 6.04 Å². The summed E-state index contributed by atoms with van der Waals surface area (Å²) in [6.07, 6.45) is 1.64. The fraction of sp³-hybridized carbons (Fsp3) is 0.333. The minimum atomic E-state index is -0.396. The minimum Gasteiger partial charge on any atom is -0.468 e. The van der Waals surface area contributed by atoms with Crippen molar-refractivity contribution in [3.63, 3.8) is 0 Å². The van der Waals surface area contributed by atoms with Gasteiger partial charge in [0.15, 0.2) is 0 Å². The Balaban J connectivity index is 2.44. The number of aromatic amines is 1. The molecule has 0 saturated carbocycles. The second-order valence-corrected chi connectivity index (χ2v) is 4.07. The van der Waals surface area contributed by atoms with Crippen LogP contribution < -0.4 is 0 Å². The second kappa shape index (κ2) is 4.55. The summed E-state index contributed by atoms with van der Waals surface area (Å²) in [7, 11) is 5.09. The third-order valence-electron chi connectivity index (χ3n) is 2.70. The Kier molecular flexibility index (Phi) is 3.10. The molecule has 0 fully saturated rings. The Morgan fingerprint density at radius 2 is 2.24 bits per heavy atom. The SMILES string of the molecule is COC(=O)C(c1ccc2nc[nH]c2c1)N(C)C. The van der Waals surface area contributed by atoms with Gasteiger partial charge in [-0.15, -0.1) is 0 Å². The number of aromatic nitrogens is 2. The summed E-state index contributed by atoms with van der Waals surface area (Å²) >= 11 is 0. The highest BCUT2D eigenvalue weighted by molar-refractivity contribution is 5.81. The second-order valence-electron chi connectivity index (χ2n) is 4.07. The molecule has 0 spiro atoms. The van der Waals surface area contributed by atoms with Crippen LogP contribution in [0.5, 0.6) is 0 Å². The van der Waals surface area contributed by atoms with Gasteiger partial charge < -0.3 is 9.72 Å². The highest BCUT2D eigenvalue weighted by Gasteiger charge is 2.23. The minimum absolute atomic E-state index is 0.270. The maximum Gasteiger partial charge on any atom is 0.327 e. The van der Waals surface area contributed by atoms with Crippen molar-refractivity contribution < 1.29 is 9.53 Å². The maximum absolute atomic E-state index is 11.7. The third-order valence-corrected chi connectivity index (χ3v) is 2.70. The van der Waals surface area contributed by atoms with Crippen LogP contribution in [0.2, 0.25) is 0 Å². The van der Waals surface area contributed by atoms with Gasteiger partial charge in [0, 0.05) is 0 Å². The van der Waals surface area contributed by atoms with Crippen LogP contribution in [0.3, 0.4) is 0 Å². The molecule has 90 valence electrons. The fourth-order valence-electron chi connectivity index (χ4n) is 1.88. The highest BCUT2D eigenvalue weighted by atomic mass is 16.5. The summed E-state index contributed by atoms with van der Waals surface area (Å²) in [4.78, 5) is 20.7. The summed E-state index contributed by atoms with van der Waals surface area (Å²) in [5.41, 5.74) is 2.69. The molecule has 0 bridgehead atoms. The summed E-state index contributed by atoms with van der Waals surface area (Å²) in [5, 5.41) is 0. The largest absolute Gasteiger partial charge is 0.468 e. The van der Waals surface area contributed by atoms with E-state index in [1.54, 1.807) is 6.33 Å². The van der Waals surface area contributed by atoms with E-state index in [-0.39, 0.29) is 5.97 Å². The maximum atomic E-state index is 11.7. The van der Waals surface area contributed by atoms with Gasteiger partial charge in [-0.1, -0.05) is 6.07 Å². The summed E-state index contributed by atoms with van der Waals surface area (Å²) in [6.45, 7) is 0. The first-order valence-corrected chi connectivity index (χ1v) is 5.30. The lowest BCUT2D eigenvalue weighted by Crippen LogP contribution is -2.28. The molecule has 0 aliphatic carbocycles. The average Bonchev–Trinajstić information content (AvgIpc) is 2.75. The van der Waals surface area contributed by atoms with Crippen LogP contribution in [0.1, 0.15) is 11.6 Å². The molecular weight excluding hydrogens is 218 g/mol. The molecule has 2 rings (SSSR count). The molecule has 5 nitrogen and oxygen atoms in total. The van der Waals surface area contributed by atoms with Gasteiger partial charge >= 0.3 is 5.97 Å². The van der Waals surface area contributed by atoms with E-state index in [1.165, 1.54) is 7.11 Å². The van der Waals surface area contributed by atoms with Crippen molar-refractivity contribution in [3.05, 3.63) is 30.1 Å². The van der Waals surface area contributed by atoms with Gasteiger partial charge in [-0.05, 0) is 31.8 Å². The van der Waals surface area contributed by atoms with Crippen molar-refractivity contribution in [1.29, 1.82) is 0 Å². The van der Waals surface area contributed by atoms with Gasteiger partial charge in [0.05, 0.1) is 24.5 Å². The topological polar surface area (TPSA) is 58.2 Å². The van der Waals surface area contributed by atoms with Crippen molar-refractivity contribution in [2.75, 3.05) is 21.2 Å². The van der Waals surface area contributed by atoms with E-state index in [2.05, 4.69) is 9.97 Å². The van der Waals surface area contributed by atoms with Crippen LogP contribution in [-0.4, -0.2) is 42.0 Å². The molecule has 1 aromatic heterocycles. The van der Waals surface area contributed by atoms with Crippen LogP contribution in [0, 0.1) is 0 Å². The van der Waals surface area contributed by atoms with Gasteiger partial charge in [-0.3, -0.25) is 4.90 Å². The van der Waals surface area contributed by atoms with Gasteiger partial charge in [0.2, 0.25) is 0 Å². The van der Waals surface area contributed by atoms with E-state index in [0.717, 1.165) is 16.6 Å². The van der Waals surface area contributed by atoms with Gasteiger partial charge in [-0.25, -0.2) is 9.78 Å². The number of benzene rings is 1. The van der Waals surface area contributed by atoms with Gasteiger partial charge in [0.1, 0.15) is 6.04 Å². The first kappa shape index (κ1) is 11.6. The number of ether oxygens (including phenoxy) is 1. The molecule has 17 heavy (non-hydrogen) atoms. The summed E-state index contributed by atoms with van der Waals surface area (Å²) in [5.74, 6) is -0.270. The molecular formula is C12H15N3O2. The van der Waals surface area contributed by atoms with Crippen LogP contribution in [0.15, 0.2) is 24.5 Å². The third kappa shape index (κ3) is 2.14. The van der Waals surface area contributed by atoms with Gasteiger partial charge in [-0.2, -0.15) is 0 Å². The number of carbonyl (C=O) groups excluding carboxylic acids is 1. The average molecular weight is 233 g/mol. The lowest BCUT2D eigenvalue weighted by molar-refractivity contribution is -0.146. The molecule has 1 aromatic carbocycles. The molecule has 0 aliphatic heterocycles. The van der Waals surface area contributed by atoms with Crippen LogP contribution in [0.25, 0.3) is 11.0 Å². The Labute approximate surface area is 99.4 Å². The lowest BCUT2D eigenvalue weighted by Gasteiger charge is -2.21. The first-order valence-electron chi connectivity index (χ1n) is 5.30. The van der Waals surface area contributed by atoms with E-state index in [4.69, 9.17) is 4.74 Å². The molecule has 0 saturated heterocycles.